The van der Waals surface area contributed by atoms with Crippen molar-refractivity contribution in [3.05, 3.63) is 12.2 Å². The minimum Gasteiger partial charge on any atom is -0.458 e. The molecule has 1 rings (SSSR count). The van der Waals surface area contributed by atoms with Gasteiger partial charge in [-0.15, -0.1) is 0 Å². The summed E-state index contributed by atoms with van der Waals surface area (Å²) in [6.45, 7) is 0.543. The maximum Gasteiger partial charge on any atom is 0.367 e. The van der Waals surface area contributed by atoms with E-state index in [0.717, 1.165) is 12.8 Å². The molecule has 1 unspecified atom stereocenters. The zero-order chi connectivity index (χ0) is 8.81. The van der Waals surface area contributed by atoms with Gasteiger partial charge in [-0.2, -0.15) is 0 Å². The van der Waals surface area contributed by atoms with Gasteiger partial charge in [0.25, 0.3) is 0 Å². The van der Waals surface area contributed by atoms with Crippen molar-refractivity contribution in [3.63, 3.8) is 0 Å². The lowest BCUT2D eigenvalue weighted by atomic mass is 10.2. The minimum absolute atomic E-state index is 0.160. The predicted molar refractivity (Wildman–Crippen MR) is 54.9 cm³/mol. The molecule has 1 atom stereocenters. The van der Waals surface area contributed by atoms with Crippen LogP contribution in [0.5, 0.6) is 0 Å². The van der Waals surface area contributed by atoms with Gasteiger partial charge in [0.1, 0.15) is 0 Å². The summed E-state index contributed by atoms with van der Waals surface area (Å²) in [5.41, 5.74) is 0. The molecule has 0 amide bonds. The third kappa shape index (κ3) is 4.16. The molecule has 2 nitrogen and oxygen atoms in total. The molecule has 0 saturated carbocycles. The van der Waals surface area contributed by atoms with Gasteiger partial charge in [0.2, 0.25) is 0 Å². The van der Waals surface area contributed by atoms with Crippen LogP contribution in [0.1, 0.15) is 12.8 Å². The van der Waals surface area contributed by atoms with Crippen molar-refractivity contribution < 1.29 is 9.53 Å². The topological polar surface area (TPSA) is 26.3 Å². The third-order valence-electron chi connectivity index (χ3n) is 1.49. The summed E-state index contributed by atoms with van der Waals surface area (Å²) in [5, 5.41) is -0.160. The molecule has 0 N–H and O–H groups in total. The summed E-state index contributed by atoms with van der Waals surface area (Å²) in [4.78, 5) is 11.3. The number of thioether (sulfide) groups is 1. The van der Waals surface area contributed by atoms with Crippen LogP contribution in [0.4, 0.5) is 4.79 Å². The molecule has 1 aliphatic rings. The number of carbonyl (C=O) groups is 1. The normalized spacial score (nSPS) is 29.1. The summed E-state index contributed by atoms with van der Waals surface area (Å²) in [6.07, 6.45) is 6.03. The number of allylic oxidation sites excluding steroid dienone is 1. The molecule has 0 saturated heterocycles. The highest BCUT2D eigenvalue weighted by Gasteiger charge is 2.05. The third-order valence-corrected chi connectivity index (χ3v) is 2.96. The Labute approximate surface area is 84.9 Å². The van der Waals surface area contributed by atoms with E-state index in [1.54, 1.807) is 0 Å². The van der Waals surface area contributed by atoms with E-state index >= 15 is 0 Å². The number of alkyl halides is 1. The van der Waals surface area contributed by atoms with Gasteiger partial charge in [-0.3, -0.25) is 0 Å². The first-order valence-electron chi connectivity index (χ1n) is 3.89. The highest BCUT2D eigenvalue weighted by atomic mass is 79.9. The molecule has 0 fully saturated rings. The Morgan fingerprint density at radius 3 is 3.33 bits per heavy atom. The number of carbonyl (C=O) groups excluding carboxylic acids is 1. The van der Waals surface area contributed by atoms with E-state index in [-0.39, 0.29) is 5.30 Å². The van der Waals surface area contributed by atoms with Crippen LogP contribution >= 0.6 is 27.7 Å². The highest BCUT2D eigenvalue weighted by molar-refractivity contribution is 9.09. The van der Waals surface area contributed by atoms with Crippen molar-refractivity contribution in [1.82, 2.24) is 0 Å². The van der Waals surface area contributed by atoms with Gasteiger partial charge in [0, 0.05) is 10.6 Å². The first-order valence-corrected chi connectivity index (χ1v) is 5.79. The van der Waals surface area contributed by atoms with Crippen LogP contribution in [0.15, 0.2) is 12.2 Å². The van der Waals surface area contributed by atoms with E-state index < -0.39 is 0 Å². The molecule has 12 heavy (non-hydrogen) atoms. The lowest BCUT2D eigenvalue weighted by Gasteiger charge is -2.07. The molecular formula is C8H11BrO2S. The predicted octanol–water partition coefficient (Wildman–Crippen LogP) is 2.97. The number of ether oxygens (including phenoxy) is 1. The first-order chi connectivity index (χ1) is 5.79. The van der Waals surface area contributed by atoms with Gasteiger partial charge >= 0.3 is 5.30 Å². The Balaban J connectivity index is 2.39. The second-order valence-electron chi connectivity index (χ2n) is 2.50. The largest absolute Gasteiger partial charge is 0.458 e. The lowest BCUT2D eigenvalue weighted by Crippen LogP contribution is -2.04. The molecule has 0 aliphatic carbocycles. The maximum absolute atomic E-state index is 10.9. The molecule has 1 heterocycles. The Kier molecular flexibility index (Phi) is 4.76. The zero-order valence-corrected chi connectivity index (χ0v) is 9.07. The van der Waals surface area contributed by atoms with E-state index in [9.17, 15) is 4.79 Å². The fourth-order valence-electron chi connectivity index (χ4n) is 0.891. The Hall–Kier alpha value is 0.0400. The van der Waals surface area contributed by atoms with Crippen LogP contribution in [0, 0.1) is 0 Å². The molecule has 4 heteroatoms. The summed E-state index contributed by atoms with van der Waals surface area (Å²) in [6, 6.07) is 0. The van der Waals surface area contributed by atoms with Crippen molar-refractivity contribution in [2.24, 2.45) is 0 Å². The van der Waals surface area contributed by atoms with E-state index in [2.05, 4.69) is 22.0 Å². The summed E-state index contributed by atoms with van der Waals surface area (Å²) < 4.78 is 4.94. The number of hydrogen-bond acceptors (Lipinski definition) is 3. The molecule has 0 aromatic carbocycles. The Morgan fingerprint density at radius 2 is 2.50 bits per heavy atom. The van der Waals surface area contributed by atoms with E-state index in [0.29, 0.717) is 17.2 Å². The molecular weight excluding hydrogens is 240 g/mol. The van der Waals surface area contributed by atoms with Crippen molar-refractivity contribution in [2.45, 2.75) is 17.7 Å². The van der Waals surface area contributed by atoms with Gasteiger partial charge in [-0.25, -0.2) is 4.79 Å². The second kappa shape index (κ2) is 5.65. The first kappa shape index (κ1) is 10.1. The molecule has 0 bridgehead atoms. The quantitative estimate of drug-likeness (QED) is 0.376. The SMILES string of the molecule is O=C1OCCCC(Br)/C=C\CS1. The van der Waals surface area contributed by atoms with Crippen LogP contribution in [-0.4, -0.2) is 22.5 Å². The molecule has 0 spiro atoms. The summed E-state index contributed by atoms with van der Waals surface area (Å²) in [5.74, 6) is 0.709. The monoisotopic (exact) mass is 250 g/mol. The van der Waals surface area contributed by atoms with Gasteiger partial charge in [0.05, 0.1) is 6.61 Å². The fraction of sp³-hybridized carbons (Fsp3) is 0.625. The van der Waals surface area contributed by atoms with E-state index in [1.807, 2.05) is 6.08 Å². The molecule has 68 valence electrons. The fourth-order valence-corrected chi connectivity index (χ4v) is 1.94. The average molecular weight is 251 g/mol. The van der Waals surface area contributed by atoms with Crippen molar-refractivity contribution in [3.8, 4) is 0 Å². The average Bonchev–Trinajstić information content (AvgIpc) is 2.06. The second-order valence-corrected chi connectivity index (χ2v) is 4.63. The van der Waals surface area contributed by atoms with E-state index in [1.165, 1.54) is 11.8 Å². The lowest BCUT2D eigenvalue weighted by molar-refractivity contribution is 0.173. The Bertz CT molecular complexity index is 182. The van der Waals surface area contributed by atoms with Crippen molar-refractivity contribution >= 4 is 33.0 Å². The van der Waals surface area contributed by atoms with Gasteiger partial charge in [0.15, 0.2) is 0 Å². The smallest absolute Gasteiger partial charge is 0.367 e. The van der Waals surface area contributed by atoms with Crippen LogP contribution in [0.25, 0.3) is 0 Å². The summed E-state index contributed by atoms with van der Waals surface area (Å²) >= 11 is 4.72. The zero-order valence-electron chi connectivity index (χ0n) is 6.66. The number of rotatable bonds is 0. The maximum atomic E-state index is 10.9. The van der Waals surface area contributed by atoms with Gasteiger partial charge in [-0.05, 0) is 24.6 Å². The molecule has 0 radical (unpaired) electrons. The Morgan fingerprint density at radius 1 is 1.67 bits per heavy atom. The number of cyclic esters (lactones) is 1. The van der Waals surface area contributed by atoms with Crippen LogP contribution in [0.3, 0.4) is 0 Å². The van der Waals surface area contributed by atoms with Gasteiger partial charge < -0.3 is 4.74 Å². The number of hydrogen-bond donors (Lipinski definition) is 0. The molecule has 0 aromatic rings. The molecule has 1 aliphatic heterocycles. The minimum atomic E-state index is -0.160. The highest BCUT2D eigenvalue weighted by Crippen LogP contribution is 2.14. The van der Waals surface area contributed by atoms with E-state index in [4.69, 9.17) is 4.74 Å². The standard InChI is InChI=1S/C8H11BrO2S/c9-7-3-1-5-11-8(10)12-6-2-4-7/h2,4,7H,1,3,5-6H2/b4-2-. The number of halogens is 1. The summed E-state index contributed by atoms with van der Waals surface area (Å²) in [7, 11) is 0. The van der Waals surface area contributed by atoms with Crippen molar-refractivity contribution in [2.75, 3.05) is 12.4 Å². The van der Waals surface area contributed by atoms with Crippen LogP contribution in [-0.2, 0) is 4.74 Å². The van der Waals surface area contributed by atoms with Crippen molar-refractivity contribution in [1.29, 1.82) is 0 Å². The molecule has 0 aromatic heterocycles. The van der Waals surface area contributed by atoms with Gasteiger partial charge in [-0.1, -0.05) is 28.1 Å². The van der Waals surface area contributed by atoms with Crippen LogP contribution in [0.2, 0.25) is 0 Å². The van der Waals surface area contributed by atoms with Crippen LogP contribution < -0.4 is 0 Å².